The second-order valence-corrected chi connectivity index (χ2v) is 6.43. The van der Waals surface area contributed by atoms with Crippen LogP contribution >= 0.6 is 11.6 Å². The average molecular weight is 301 g/mol. The normalized spacial score (nSPS) is 18.7. The standard InChI is InChI=1S/C18H21ClN2/c1-12(20)9-14-7-8-18(16(19)11-14)21-13(2)10-15-5-3-4-6-17(15)21/h3-8,11-13H,9-10,20H2,1-2H3. The topological polar surface area (TPSA) is 29.3 Å². The zero-order chi connectivity index (χ0) is 15.0. The van der Waals surface area contributed by atoms with Gasteiger partial charge in [-0.3, -0.25) is 0 Å². The molecule has 2 unspecified atom stereocenters. The van der Waals surface area contributed by atoms with Crippen LogP contribution in [0.2, 0.25) is 5.02 Å². The zero-order valence-electron chi connectivity index (χ0n) is 12.5. The molecule has 0 fully saturated rings. The van der Waals surface area contributed by atoms with Crippen molar-refractivity contribution in [3.63, 3.8) is 0 Å². The molecule has 0 spiro atoms. The molecule has 0 saturated heterocycles. The predicted octanol–water partition coefficient (Wildman–Crippen LogP) is 4.31. The predicted molar refractivity (Wildman–Crippen MR) is 90.6 cm³/mol. The van der Waals surface area contributed by atoms with E-state index in [2.05, 4.69) is 48.2 Å². The molecule has 2 aromatic rings. The summed E-state index contributed by atoms with van der Waals surface area (Å²) in [5.41, 5.74) is 10.8. The summed E-state index contributed by atoms with van der Waals surface area (Å²) in [6, 6.07) is 15.4. The molecule has 0 saturated carbocycles. The van der Waals surface area contributed by atoms with Gasteiger partial charge in [0, 0.05) is 17.8 Å². The van der Waals surface area contributed by atoms with Crippen molar-refractivity contribution in [2.45, 2.75) is 38.8 Å². The van der Waals surface area contributed by atoms with E-state index < -0.39 is 0 Å². The number of anilines is 2. The number of rotatable bonds is 3. The second kappa shape index (κ2) is 5.70. The minimum Gasteiger partial charge on any atom is -0.337 e. The maximum absolute atomic E-state index is 6.54. The van der Waals surface area contributed by atoms with Gasteiger partial charge < -0.3 is 10.6 Å². The summed E-state index contributed by atoms with van der Waals surface area (Å²) in [5, 5.41) is 0.803. The molecular weight excluding hydrogens is 280 g/mol. The van der Waals surface area contributed by atoms with Crippen LogP contribution in [-0.4, -0.2) is 12.1 Å². The van der Waals surface area contributed by atoms with Crippen LogP contribution in [0, 0.1) is 0 Å². The van der Waals surface area contributed by atoms with Gasteiger partial charge >= 0.3 is 0 Å². The van der Waals surface area contributed by atoms with E-state index in [4.69, 9.17) is 17.3 Å². The molecule has 1 aliphatic heterocycles. The van der Waals surface area contributed by atoms with Gasteiger partial charge in [0.15, 0.2) is 0 Å². The molecule has 0 bridgehead atoms. The van der Waals surface area contributed by atoms with Gasteiger partial charge in [0.05, 0.1) is 10.7 Å². The highest BCUT2D eigenvalue weighted by atomic mass is 35.5. The van der Waals surface area contributed by atoms with Crippen molar-refractivity contribution in [2.24, 2.45) is 5.73 Å². The lowest BCUT2D eigenvalue weighted by Gasteiger charge is -2.26. The third-order valence-electron chi connectivity index (χ3n) is 4.04. The largest absolute Gasteiger partial charge is 0.337 e. The van der Waals surface area contributed by atoms with Crippen LogP contribution in [-0.2, 0) is 12.8 Å². The molecule has 3 heteroatoms. The van der Waals surface area contributed by atoms with Crippen LogP contribution in [0.15, 0.2) is 42.5 Å². The van der Waals surface area contributed by atoms with Crippen molar-refractivity contribution in [1.29, 1.82) is 0 Å². The summed E-state index contributed by atoms with van der Waals surface area (Å²) in [6.45, 7) is 4.26. The summed E-state index contributed by atoms with van der Waals surface area (Å²) in [4.78, 5) is 2.34. The van der Waals surface area contributed by atoms with E-state index in [1.807, 2.05) is 13.0 Å². The Labute approximate surface area is 131 Å². The number of nitrogens with two attached hydrogens (primary N) is 1. The van der Waals surface area contributed by atoms with Gasteiger partial charge in [0.25, 0.3) is 0 Å². The van der Waals surface area contributed by atoms with E-state index >= 15 is 0 Å². The summed E-state index contributed by atoms with van der Waals surface area (Å²) < 4.78 is 0. The van der Waals surface area contributed by atoms with Crippen molar-refractivity contribution < 1.29 is 0 Å². The smallest absolute Gasteiger partial charge is 0.0645 e. The van der Waals surface area contributed by atoms with Gasteiger partial charge in [-0.15, -0.1) is 0 Å². The van der Waals surface area contributed by atoms with E-state index in [1.54, 1.807) is 0 Å². The molecule has 0 amide bonds. The van der Waals surface area contributed by atoms with Gasteiger partial charge in [-0.05, 0) is 56.0 Å². The van der Waals surface area contributed by atoms with E-state index in [1.165, 1.54) is 16.8 Å². The molecular formula is C18H21ClN2. The highest BCUT2D eigenvalue weighted by Crippen LogP contribution is 2.41. The minimum atomic E-state index is 0.151. The Morgan fingerprint density at radius 2 is 2.00 bits per heavy atom. The number of para-hydroxylation sites is 1. The first-order valence-electron chi connectivity index (χ1n) is 7.47. The molecule has 0 radical (unpaired) electrons. The van der Waals surface area contributed by atoms with Crippen LogP contribution in [0.4, 0.5) is 11.4 Å². The molecule has 3 rings (SSSR count). The lowest BCUT2D eigenvalue weighted by molar-refractivity contribution is 0.736. The molecule has 0 aliphatic carbocycles. The molecule has 2 nitrogen and oxygen atoms in total. The van der Waals surface area contributed by atoms with Gasteiger partial charge in [0.1, 0.15) is 0 Å². The SMILES string of the molecule is CC(N)Cc1ccc(N2c3ccccc3CC2C)c(Cl)c1. The van der Waals surface area contributed by atoms with E-state index in [-0.39, 0.29) is 6.04 Å². The Morgan fingerprint density at radius 1 is 1.24 bits per heavy atom. The fourth-order valence-electron chi connectivity index (χ4n) is 3.18. The van der Waals surface area contributed by atoms with Crippen molar-refractivity contribution in [1.82, 2.24) is 0 Å². The van der Waals surface area contributed by atoms with Crippen molar-refractivity contribution in [3.05, 3.63) is 58.6 Å². The van der Waals surface area contributed by atoms with Crippen LogP contribution in [0.25, 0.3) is 0 Å². The third-order valence-corrected chi connectivity index (χ3v) is 4.34. The Morgan fingerprint density at radius 3 is 2.71 bits per heavy atom. The number of benzene rings is 2. The maximum atomic E-state index is 6.54. The van der Waals surface area contributed by atoms with E-state index in [9.17, 15) is 0 Å². The lowest BCUT2D eigenvalue weighted by Crippen LogP contribution is -2.24. The fourth-order valence-corrected chi connectivity index (χ4v) is 3.47. The number of hydrogen-bond acceptors (Lipinski definition) is 2. The Hall–Kier alpha value is -1.51. The van der Waals surface area contributed by atoms with Gasteiger partial charge in [-0.25, -0.2) is 0 Å². The number of fused-ring (bicyclic) bond motifs is 1. The van der Waals surface area contributed by atoms with Gasteiger partial charge in [-0.2, -0.15) is 0 Å². The molecule has 1 aliphatic rings. The molecule has 2 N–H and O–H groups in total. The molecule has 110 valence electrons. The number of halogens is 1. The van der Waals surface area contributed by atoms with Crippen molar-refractivity contribution in [2.75, 3.05) is 4.90 Å². The summed E-state index contributed by atoms with van der Waals surface area (Å²) in [5.74, 6) is 0. The van der Waals surface area contributed by atoms with Crippen molar-refractivity contribution >= 4 is 23.0 Å². The first-order chi connectivity index (χ1) is 10.1. The molecule has 2 aromatic carbocycles. The molecule has 21 heavy (non-hydrogen) atoms. The highest BCUT2D eigenvalue weighted by molar-refractivity contribution is 6.33. The number of nitrogens with zero attached hydrogens (tertiary/aromatic N) is 1. The van der Waals surface area contributed by atoms with Gasteiger partial charge in [0.2, 0.25) is 0 Å². The first kappa shape index (κ1) is 14.4. The quantitative estimate of drug-likeness (QED) is 0.915. The van der Waals surface area contributed by atoms with Crippen LogP contribution in [0.3, 0.4) is 0 Å². The monoisotopic (exact) mass is 300 g/mol. The highest BCUT2D eigenvalue weighted by Gasteiger charge is 2.28. The second-order valence-electron chi connectivity index (χ2n) is 6.02. The summed E-state index contributed by atoms with van der Waals surface area (Å²) in [6.07, 6.45) is 1.92. The van der Waals surface area contributed by atoms with E-state index in [0.717, 1.165) is 23.6 Å². The number of hydrogen-bond donors (Lipinski definition) is 1. The summed E-state index contributed by atoms with van der Waals surface area (Å²) >= 11 is 6.54. The third kappa shape index (κ3) is 2.78. The molecule has 1 heterocycles. The Bertz CT molecular complexity index is 651. The summed E-state index contributed by atoms with van der Waals surface area (Å²) in [7, 11) is 0. The van der Waals surface area contributed by atoms with Crippen molar-refractivity contribution in [3.8, 4) is 0 Å². The molecule has 2 atom stereocenters. The zero-order valence-corrected chi connectivity index (χ0v) is 13.3. The molecule has 0 aromatic heterocycles. The Kier molecular flexibility index (Phi) is 3.92. The average Bonchev–Trinajstić information content (AvgIpc) is 2.74. The Balaban J connectivity index is 1.97. The minimum absolute atomic E-state index is 0.151. The maximum Gasteiger partial charge on any atom is 0.0645 e. The lowest BCUT2D eigenvalue weighted by atomic mass is 10.1. The van der Waals surface area contributed by atoms with Crippen LogP contribution in [0.1, 0.15) is 25.0 Å². The van der Waals surface area contributed by atoms with Crippen LogP contribution in [0.5, 0.6) is 0 Å². The first-order valence-corrected chi connectivity index (χ1v) is 7.85. The van der Waals surface area contributed by atoms with Crippen LogP contribution < -0.4 is 10.6 Å². The van der Waals surface area contributed by atoms with Gasteiger partial charge in [-0.1, -0.05) is 35.9 Å². The fraction of sp³-hybridized carbons (Fsp3) is 0.333. The van der Waals surface area contributed by atoms with E-state index in [0.29, 0.717) is 6.04 Å².